The molecule has 0 amide bonds. The average molecular weight is 561 g/mol. The molecule has 224 valence electrons. The van der Waals surface area contributed by atoms with Gasteiger partial charge in [-0.3, -0.25) is 0 Å². The predicted molar refractivity (Wildman–Crippen MR) is 172 cm³/mol. The van der Waals surface area contributed by atoms with Crippen LogP contribution in [0.15, 0.2) is 69.5 Å². The van der Waals surface area contributed by atoms with Gasteiger partial charge in [-0.2, -0.15) is 0 Å². The van der Waals surface area contributed by atoms with Gasteiger partial charge in [0.15, 0.2) is 0 Å². The molecule has 0 radical (unpaired) electrons. The molecule has 0 heterocycles. The molecule has 39 heavy (non-hydrogen) atoms. The number of allylic oxidation sites excluding steroid dienone is 8. The van der Waals surface area contributed by atoms with Crippen LogP contribution in [0.4, 0.5) is 0 Å². The molecule has 0 N–H and O–H groups in total. The third kappa shape index (κ3) is 11.7. The van der Waals surface area contributed by atoms with Gasteiger partial charge in [0.25, 0.3) is 0 Å². The van der Waals surface area contributed by atoms with Gasteiger partial charge in [0.2, 0.25) is 0 Å². The van der Waals surface area contributed by atoms with Crippen LogP contribution in [0.1, 0.15) is 119 Å². The fourth-order valence-corrected chi connectivity index (χ4v) is 7.83. The Morgan fingerprint density at radius 2 is 0.718 bits per heavy atom. The van der Waals surface area contributed by atoms with E-state index in [1.165, 1.54) is 0 Å². The summed E-state index contributed by atoms with van der Waals surface area (Å²) in [4.78, 5) is 0. The van der Waals surface area contributed by atoms with E-state index < -0.39 is 8.56 Å². The number of ether oxygens (including phenoxy) is 2. The van der Waals surface area contributed by atoms with E-state index in [-0.39, 0.29) is 0 Å². The first-order valence-corrected chi connectivity index (χ1v) is 17.2. The zero-order chi connectivity index (χ0) is 29.5. The van der Waals surface area contributed by atoms with Crippen molar-refractivity contribution >= 4 is 8.56 Å². The minimum atomic E-state index is -3.20. The molecule has 0 aromatic rings. The predicted octanol–water partition coefficient (Wildman–Crippen LogP) is 10.4. The standard InChI is InChI=1S/C34H60O4Si/c1-11-17-23-29(31(35-7)25-19-13-3)33(27-21-15-5)39(37-9,38-10)34(28-22-16-6)30(24-18-12-2)32(36-8)26-20-14-4/h23-28H,11-22H2,1-10H3. The highest BCUT2D eigenvalue weighted by atomic mass is 28.4. The van der Waals surface area contributed by atoms with E-state index in [1.807, 2.05) is 14.2 Å². The number of unbranched alkanes of at least 4 members (excludes halogenated alkanes) is 6. The Balaban J connectivity index is 7.78. The summed E-state index contributed by atoms with van der Waals surface area (Å²) in [6.45, 7) is 13.2. The first-order valence-electron chi connectivity index (χ1n) is 15.4. The largest absolute Gasteiger partial charge is 0.496 e. The molecule has 0 aliphatic rings. The van der Waals surface area contributed by atoms with E-state index in [0.29, 0.717) is 0 Å². The monoisotopic (exact) mass is 560 g/mol. The number of hydrogen-bond donors (Lipinski definition) is 0. The summed E-state index contributed by atoms with van der Waals surface area (Å²) in [5.41, 5.74) is 2.20. The summed E-state index contributed by atoms with van der Waals surface area (Å²) >= 11 is 0. The minimum Gasteiger partial charge on any atom is -0.496 e. The van der Waals surface area contributed by atoms with Gasteiger partial charge in [0.1, 0.15) is 11.5 Å². The second-order valence-corrected chi connectivity index (χ2v) is 12.9. The summed E-state index contributed by atoms with van der Waals surface area (Å²) in [6, 6.07) is 0. The van der Waals surface area contributed by atoms with Gasteiger partial charge in [-0.15, -0.1) is 0 Å². The molecule has 0 saturated carbocycles. The average Bonchev–Trinajstić information content (AvgIpc) is 2.96. The lowest BCUT2D eigenvalue weighted by Gasteiger charge is -2.35. The highest BCUT2D eigenvalue weighted by Gasteiger charge is 2.48. The van der Waals surface area contributed by atoms with Crippen LogP contribution in [0.5, 0.6) is 0 Å². The first-order chi connectivity index (χ1) is 19.0. The Hall–Kier alpha value is -1.82. The molecular weight excluding hydrogens is 500 g/mol. The van der Waals surface area contributed by atoms with Crippen molar-refractivity contribution in [2.45, 2.75) is 119 Å². The Morgan fingerprint density at radius 1 is 0.436 bits per heavy atom. The van der Waals surface area contributed by atoms with Crippen LogP contribution in [0.3, 0.4) is 0 Å². The number of methoxy groups -OCH3 is 2. The SMILES string of the molecule is CCCC=C(OC)C(=CCCC)C(=CCCC)[Si](OC)(OC)C(=CCCC)C(=CCCC)C(=CCCC)OC. The van der Waals surface area contributed by atoms with Gasteiger partial charge in [0.05, 0.1) is 14.2 Å². The van der Waals surface area contributed by atoms with Gasteiger partial charge < -0.3 is 18.3 Å². The molecule has 5 heteroatoms. The molecule has 0 spiro atoms. The van der Waals surface area contributed by atoms with Gasteiger partial charge in [-0.1, -0.05) is 104 Å². The first kappa shape index (κ1) is 37.2. The Kier molecular flexibility index (Phi) is 21.9. The molecular formula is C34H60O4Si. The van der Waals surface area contributed by atoms with Gasteiger partial charge >= 0.3 is 8.56 Å². The Labute approximate surface area is 243 Å². The summed E-state index contributed by atoms with van der Waals surface area (Å²) in [5.74, 6) is 1.81. The van der Waals surface area contributed by atoms with E-state index in [0.717, 1.165) is 110 Å². The lowest BCUT2D eigenvalue weighted by Crippen LogP contribution is -2.47. The highest BCUT2D eigenvalue weighted by Crippen LogP contribution is 2.40. The van der Waals surface area contributed by atoms with Crippen LogP contribution >= 0.6 is 0 Å². The van der Waals surface area contributed by atoms with Crippen LogP contribution in [0, 0.1) is 0 Å². The normalized spacial score (nSPS) is 14.7. The van der Waals surface area contributed by atoms with Crippen molar-refractivity contribution in [2.24, 2.45) is 0 Å². The maximum atomic E-state index is 6.66. The molecule has 0 aliphatic carbocycles. The maximum Gasteiger partial charge on any atom is 0.407 e. The van der Waals surface area contributed by atoms with E-state index in [2.05, 4.69) is 78.0 Å². The van der Waals surface area contributed by atoms with Crippen molar-refractivity contribution in [1.82, 2.24) is 0 Å². The van der Waals surface area contributed by atoms with Crippen molar-refractivity contribution in [1.29, 1.82) is 0 Å². The Bertz CT molecular complexity index is 775. The second kappa shape index (κ2) is 22.9. The molecule has 4 nitrogen and oxygen atoms in total. The van der Waals surface area contributed by atoms with Crippen molar-refractivity contribution in [3.05, 3.63) is 69.5 Å². The maximum absolute atomic E-state index is 6.66. The third-order valence-corrected chi connectivity index (χ3v) is 10.1. The van der Waals surface area contributed by atoms with Crippen molar-refractivity contribution in [3.63, 3.8) is 0 Å². The van der Waals surface area contributed by atoms with Crippen molar-refractivity contribution in [3.8, 4) is 0 Å². The fourth-order valence-electron chi connectivity index (χ4n) is 4.51. The number of rotatable bonds is 22. The smallest absolute Gasteiger partial charge is 0.407 e. The van der Waals surface area contributed by atoms with Crippen LogP contribution in [-0.2, 0) is 18.3 Å². The van der Waals surface area contributed by atoms with E-state index in [1.54, 1.807) is 14.2 Å². The van der Waals surface area contributed by atoms with Crippen LogP contribution in [-0.4, -0.2) is 37.0 Å². The molecule has 0 aromatic carbocycles. The lowest BCUT2D eigenvalue weighted by atomic mass is 10.1. The molecule has 0 aromatic heterocycles. The summed E-state index contributed by atoms with van der Waals surface area (Å²) in [5, 5.41) is 2.25. The summed E-state index contributed by atoms with van der Waals surface area (Å²) in [6.07, 6.45) is 25.8. The van der Waals surface area contributed by atoms with E-state index in [4.69, 9.17) is 18.3 Å². The molecule has 0 rings (SSSR count). The van der Waals surface area contributed by atoms with Crippen LogP contribution in [0.2, 0.25) is 0 Å². The van der Waals surface area contributed by atoms with E-state index >= 15 is 0 Å². The van der Waals surface area contributed by atoms with Crippen molar-refractivity contribution in [2.75, 3.05) is 28.4 Å². The quantitative estimate of drug-likeness (QED) is 0.0749. The molecule has 0 fully saturated rings. The lowest BCUT2D eigenvalue weighted by molar-refractivity contribution is 0.258. The van der Waals surface area contributed by atoms with Crippen LogP contribution in [0.25, 0.3) is 0 Å². The zero-order valence-electron chi connectivity index (χ0n) is 27.1. The Morgan fingerprint density at radius 3 is 0.974 bits per heavy atom. The minimum absolute atomic E-state index is 0.904. The molecule has 0 bridgehead atoms. The van der Waals surface area contributed by atoms with Gasteiger partial charge in [-0.25, -0.2) is 0 Å². The molecule has 0 saturated heterocycles. The van der Waals surface area contributed by atoms with Crippen LogP contribution < -0.4 is 0 Å². The van der Waals surface area contributed by atoms with Crippen molar-refractivity contribution < 1.29 is 18.3 Å². The number of hydrogen-bond acceptors (Lipinski definition) is 4. The molecule has 0 aliphatic heterocycles. The second-order valence-electron chi connectivity index (χ2n) is 9.77. The highest BCUT2D eigenvalue weighted by molar-refractivity contribution is 6.83. The summed E-state index contributed by atoms with van der Waals surface area (Å²) in [7, 11) is 3.99. The zero-order valence-corrected chi connectivity index (χ0v) is 28.1. The van der Waals surface area contributed by atoms with Gasteiger partial charge in [-0.05, 0) is 50.7 Å². The van der Waals surface area contributed by atoms with E-state index in [9.17, 15) is 0 Å². The molecule has 0 unspecified atom stereocenters. The van der Waals surface area contributed by atoms with Gasteiger partial charge in [0, 0.05) is 35.8 Å². The molecule has 0 atom stereocenters. The fraction of sp³-hybridized carbons (Fsp3) is 0.647. The third-order valence-electron chi connectivity index (χ3n) is 6.62. The topological polar surface area (TPSA) is 36.9 Å². The summed E-state index contributed by atoms with van der Waals surface area (Å²) < 4.78 is 25.4.